The lowest BCUT2D eigenvalue weighted by Crippen LogP contribution is -2.20. The fraction of sp³-hybridized carbons (Fsp3) is 0.0833. The highest BCUT2D eigenvalue weighted by atomic mass is 16.5. The number of nitrogens with zero attached hydrogens (tertiary/aromatic N) is 3. The summed E-state index contributed by atoms with van der Waals surface area (Å²) in [5.41, 5.74) is 2.14. The van der Waals surface area contributed by atoms with Gasteiger partial charge in [-0.1, -0.05) is 96.2 Å². The van der Waals surface area contributed by atoms with E-state index in [4.69, 9.17) is 4.74 Å². The van der Waals surface area contributed by atoms with Gasteiger partial charge in [0.05, 0.1) is 12.7 Å². The quantitative estimate of drug-likeness (QED) is 0.347. The fourth-order valence-electron chi connectivity index (χ4n) is 3.06. The van der Waals surface area contributed by atoms with Gasteiger partial charge in [-0.25, -0.2) is 9.48 Å². The molecule has 1 aromatic heterocycles. The molecule has 0 saturated carbocycles. The largest absolute Gasteiger partial charge is 0.444 e. The van der Waals surface area contributed by atoms with Crippen LogP contribution in [0.4, 0.5) is 0 Å². The topological polar surface area (TPSA) is 74.1 Å². The molecule has 6 nitrogen and oxygen atoms in total. The van der Waals surface area contributed by atoms with Gasteiger partial charge in [0.15, 0.2) is 11.8 Å². The van der Waals surface area contributed by atoms with E-state index in [1.165, 1.54) is 6.20 Å². The molecular weight excluding hydrogens is 378 g/mol. The molecule has 0 fully saturated rings. The zero-order valence-electron chi connectivity index (χ0n) is 16.1. The van der Waals surface area contributed by atoms with Crippen molar-refractivity contribution in [2.24, 2.45) is 0 Å². The van der Waals surface area contributed by atoms with E-state index in [1.54, 1.807) is 53.2 Å². The summed E-state index contributed by atoms with van der Waals surface area (Å²) in [6, 6.07) is 27.4. The second-order valence-corrected chi connectivity index (χ2v) is 6.71. The average Bonchev–Trinajstić information content (AvgIpc) is 3.27. The number of esters is 1. The number of hydrogen-bond acceptors (Lipinski definition) is 5. The van der Waals surface area contributed by atoms with E-state index in [-0.39, 0.29) is 11.5 Å². The molecule has 0 spiro atoms. The van der Waals surface area contributed by atoms with E-state index >= 15 is 0 Å². The van der Waals surface area contributed by atoms with Crippen LogP contribution in [0.3, 0.4) is 0 Å². The number of Topliss-reactive ketones (excluding diaryl/α,β-unsaturated/α-hetero) is 1. The Morgan fingerprint density at radius 1 is 0.833 bits per heavy atom. The second kappa shape index (κ2) is 8.96. The van der Waals surface area contributed by atoms with Gasteiger partial charge in [-0.15, -0.1) is 5.10 Å². The Kier molecular flexibility index (Phi) is 5.75. The van der Waals surface area contributed by atoms with Gasteiger partial charge in [0.2, 0.25) is 5.78 Å². The van der Waals surface area contributed by atoms with Crippen molar-refractivity contribution in [1.29, 1.82) is 0 Å². The monoisotopic (exact) mass is 397 g/mol. The fourth-order valence-corrected chi connectivity index (χ4v) is 3.06. The Labute approximate surface area is 173 Å². The van der Waals surface area contributed by atoms with E-state index in [0.717, 1.165) is 5.56 Å². The molecule has 148 valence electrons. The first kappa shape index (κ1) is 19.3. The molecule has 0 radical (unpaired) electrons. The van der Waals surface area contributed by atoms with Crippen LogP contribution in [0.5, 0.6) is 0 Å². The van der Waals surface area contributed by atoms with Crippen LogP contribution < -0.4 is 0 Å². The molecule has 0 N–H and O–H groups in total. The minimum Gasteiger partial charge on any atom is -0.444 e. The molecule has 1 atom stereocenters. The third-order valence-electron chi connectivity index (χ3n) is 4.56. The first-order valence-electron chi connectivity index (χ1n) is 9.50. The number of ketones is 1. The summed E-state index contributed by atoms with van der Waals surface area (Å²) >= 11 is 0. The molecule has 0 saturated heterocycles. The Balaban J connectivity index is 1.54. The minimum atomic E-state index is -1.07. The van der Waals surface area contributed by atoms with Crippen LogP contribution in [-0.2, 0) is 11.3 Å². The Bertz CT molecular complexity index is 1130. The normalized spacial score (nSPS) is 11.6. The first-order valence-corrected chi connectivity index (χ1v) is 9.50. The van der Waals surface area contributed by atoms with Gasteiger partial charge in [-0.3, -0.25) is 4.79 Å². The summed E-state index contributed by atoms with van der Waals surface area (Å²) < 4.78 is 7.16. The zero-order chi connectivity index (χ0) is 20.8. The Morgan fingerprint density at radius 2 is 1.43 bits per heavy atom. The molecule has 3 aromatic carbocycles. The van der Waals surface area contributed by atoms with Gasteiger partial charge >= 0.3 is 5.97 Å². The van der Waals surface area contributed by atoms with Crippen LogP contribution in [0.15, 0.2) is 97.2 Å². The van der Waals surface area contributed by atoms with Crippen LogP contribution in [0.2, 0.25) is 0 Å². The average molecular weight is 397 g/mol. The van der Waals surface area contributed by atoms with Gasteiger partial charge in [0, 0.05) is 11.1 Å². The summed E-state index contributed by atoms with van der Waals surface area (Å²) in [7, 11) is 0. The van der Waals surface area contributed by atoms with E-state index < -0.39 is 12.1 Å². The first-order chi connectivity index (χ1) is 14.7. The smallest absolute Gasteiger partial charge is 0.361 e. The maximum Gasteiger partial charge on any atom is 0.361 e. The lowest BCUT2D eigenvalue weighted by molar-refractivity contribution is 0.0274. The van der Waals surface area contributed by atoms with Gasteiger partial charge < -0.3 is 4.74 Å². The third kappa shape index (κ3) is 4.50. The molecular formula is C24H19N3O3. The van der Waals surface area contributed by atoms with Gasteiger partial charge in [0.1, 0.15) is 0 Å². The van der Waals surface area contributed by atoms with Crippen molar-refractivity contribution in [1.82, 2.24) is 15.0 Å². The van der Waals surface area contributed by atoms with E-state index in [2.05, 4.69) is 10.3 Å². The van der Waals surface area contributed by atoms with Crippen molar-refractivity contribution in [3.05, 3.63) is 120 Å². The summed E-state index contributed by atoms with van der Waals surface area (Å²) in [5, 5.41) is 7.91. The Morgan fingerprint density at radius 3 is 2.10 bits per heavy atom. The number of aromatic nitrogens is 3. The van der Waals surface area contributed by atoms with Crippen molar-refractivity contribution in [3.63, 3.8) is 0 Å². The van der Waals surface area contributed by atoms with E-state index in [1.807, 2.05) is 42.5 Å². The summed E-state index contributed by atoms with van der Waals surface area (Å²) in [6.07, 6.45) is 0.449. The number of carbonyl (C=O) groups excluding carboxylic acids is 2. The third-order valence-corrected chi connectivity index (χ3v) is 4.56. The highest BCUT2D eigenvalue weighted by Crippen LogP contribution is 2.23. The standard InChI is InChI=1S/C24H19N3O3/c28-22(19-12-6-2-7-13-19)23(20-14-8-3-9-15-20)30-24(29)21-17-27(26-25-21)16-18-10-4-1-5-11-18/h1-15,17,23H,16H2. The summed E-state index contributed by atoms with van der Waals surface area (Å²) in [6.45, 7) is 0.478. The second-order valence-electron chi connectivity index (χ2n) is 6.71. The van der Waals surface area contributed by atoms with Crippen LogP contribution in [0.25, 0.3) is 0 Å². The number of ether oxygens (including phenoxy) is 1. The van der Waals surface area contributed by atoms with Crippen molar-refractivity contribution in [2.75, 3.05) is 0 Å². The van der Waals surface area contributed by atoms with Crippen LogP contribution in [0.1, 0.15) is 38.1 Å². The molecule has 30 heavy (non-hydrogen) atoms. The maximum atomic E-state index is 13.0. The highest BCUT2D eigenvalue weighted by molar-refractivity contribution is 6.01. The van der Waals surface area contributed by atoms with Crippen molar-refractivity contribution < 1.29 is 14.3 Å². The number of hydrogen-bond donors (Lipinski definition) is 0. The minimum absolute atomic E-state index is 0.0488. The van der Waals surface area contributed by atoms with Gasteiger partial charge in [0.25, 0.3) is 0 Å². The predicted molar refractivity (Wildman–Crippen MR) is 111 cm³/mol. The lowest BCUT2D eigenvalue weighted by atomic mass is 10.00. The van der Waals surface area contributed by atoms with Gasteiger partial charge in [-0.2, -0.15) is 0 Å². The SMILES string of the molecule is O=C(OC(C(=O)c1ccccc1)c1ccccc1)c1cn(Cc2ccccc2)nn1. The highest BCUT2D eigenvalue weighted by Gasteiger charge is 2.27. The predicted octanol–water partition coefficient (Wildman–Crippen LogP) is 4.11. The van der Waals surface area contributed by atoms with Gasteiger partial charge in [-0.05, 0) is 5.56 Å². The molecule has 6 heteroatoms. The number of benzene rings is 3. The van der Waals surface area contributed by atoms with Crippen LogP contribution in [-0.4, -0.2) is 26.7 Å². The molecule has 1 unspecified atom stereocenters. The zero-order valence-corrected chi connectivity index (χ0v) is 16.1. The molecule has 0 aliphatic heterocycles. The molecule has 0 amide bonds. The Hall–Kier alpha value is -4.06. The van der Waals surface area contributed by atoms with Crippen molar-refractivity contribution in [2.45, 2.75) is 12.6 Å². The van der Waals surface area contributed by atoms with E-state index in [0.29, 0.717) is 17.7 Å². The molecule has 0 aliphatic rings. The number of carbonyl (C=O) groups is 2. The molecule has 1 heterocycles. The number of rotatable bonds is 7. The van der Waals surface area contributed by atoms with Crippen LogP contribution in [0, 0.1) is 0 Å². The van der Waals surface area contributed by atoms with E-state index in [9.17, 15) is 9.59 Å². The molecule has 0 aliphatic carbocycles. The van der Waals surface area contributed by atoms with Crippen molar-refractivity contribution in [3.8, 4) is 0 Å². The van der Waals surface area contributed by atoms with Crippen molar-refractivity contribution >= 4 is 11.8 Å². The lowest BCUT2D eigenvalue weighted by Gasteiger charge is -2.16. The summed E-state index contributed by atoms with van der Waals surface area (Å²) in [5.74, 6) is -1.00. The molecule has 0 bridgehead atoms. The maximum absolute atomic E-state index is 13.0. The molecule has 4 rings (SSSR count). The van der Waals surface area contributed by atoms with Crippen LogP contribution >= 0.6 is 0 Å². The molecule has 4 aromatic rings. The summed E-state index contributed by atoms with van der Waals surface area (Å²) in [4.78, 5) is 25.8.